The van der Waals surface area contributed by atoms with Crippen molar-refractivity contribution in [2.75, 3.05) is 5.32 Å². The van der Waals surface area contributed by atoms with Crippen LogP contribution >= 0.6 is 11.3 Å². The van der Waals surface area contributed by atoms with Crippen molar-refractivity contribution in [1.29, 1.82) is 0 Å². The monoisotopic (exact) mass is 413 g/mol. The van der Waals surface area contributed by atoms with Gasteiger partial charge in [0.05, 0.1) is 23.1 Å². The number of benzene rings is 1. The molecule has 0 saturated heterocycles. The summed E-state index contributed by atoms with van der Waals surface area (Å²) in [5.74, 6) is -1.01. The van der Waals surface area contributed by atoms with Gasteiger partial charge in [-0.1, -0.05) is 0 Å². The van der Waals surface area contributed by atoms with E-state index in [1.807, 2.05) is 13.8 Å². The molecule has 0 fully saturated rings. The van der Waals surface area contributed by atoms with Crippen molar-refractivity contribution in [3.8, 4) is 5.69 Å². The minimum absolute atomic E-state index is 0.00762. The van der Waals surface area contributed by atoms with Gasteiger partial charge in [0.1, 0.15) is 17.0 Å². The molecule has 0 aliphatic heterocycles. The smallest absolute Gasteiger partial charge is 0.262 e. The van der Waals surface area contributed by atoms with Crippen molar-refractivity contribution in [2.24, 2.45) is 0 Å². The summed E-state index contributed by atoms with van der Waals surface area (Å²) in [5, 5.41) is 13.9. The first kappa shape index (κ1) is 18.9. The van der Waals surface area contributed by atoms with Gasteiger partial charge in [-0.25, -0.2) is 14.1 Å². The second-order valence-electron chi connectivity index (χ2n) is 6.42. The summed E-state index contributed by atoms with van der Waals surface area (Å²) in [4.78, 5) is 31.0. The fraction of sp³-hybridized carbons (Fsp3) is 0.222. The Morgan fingerprint density at radius 1 is 1.28 bits per heavy atom. The Balaban J connectivity index is 1.49. The van der Waals surface area contributed by atoms with E-state index in [-0.39, 0.29) is 24.2 Å². The molecule has 0 radical (unpaired) electrons. The van der Waals surface area contributed by atoms with E-state index in [2.05, 4.69) is 25.8 Å². The number of hydrogen-bond donors (Lipinski definition) is 1. The molecule has 1 aromatic carbocycles. The zero-order valence-corrected chi connectivity index (χ0v) is 16.4. The molecular formula is C18H16FN7O2S. The average molecular weight is 413 g/mol. The third-order valence-corrected chi connectivity index (χ3v) is 5.69. The number of aromatic nitrogens is 6. The number of anilines is 1. The first-order chi connectivity index (χ1) is 13.9. The molecule has 3 heterocycles. The number of tetrazole rings is 1. The van der Waals surface area contributed by atoms with Gasteiger partial charge in [0.25, 0.3) is 5.56 Å². The van der Waals surface area contributed by atoms with Gasteiger partial charge in [0.2, 0.25) is 5.91 Å². The lowest BCUT2D eigenvalue weighted by Crippen LogP contribution is -2.23. The summed E-state index contributed by atoms with van der Waals surface area (Å²) >= 11 is 1.47. The highest BCUT2D eigenvalue weighted by Gasteiger charge is 2.14. The van der Waals surface area contributed by atoms with E-state index in [4.69, 9.17) is 0 Å². The molecule has 148 valence electrons. The second kappa shape index (κ2) is 7.51. The summed E-state index contributed by atoms with van der Waals surface area (Å²) in [6, 6.07) is 4.14. The van der Waals surface area contributed by atoms with Gasteiger partial charge in [-0.3, -0.25) is 14.2 Å². The van der Waals surface area contributed by atoms with Crippen molar-refractivity contribution in [1.82, 2.24) is 29.8 Å². The Labute approximate surface area is 167 Å². The van der Waals surface area contributed by atoms with Crippen LogP contribution < -0.4 is 10.9 Å². The minimum Gasteiger partial charge on any atom is -0.323 e. The molecule has 0 aliphatic rings. The molecule has 11 heteroatoms. The van der Waals surface area contributed by atoms with Crippen LogP contribution in [0.15, 0.2) is 35.6 Å². The summed E-state index contributed by atoms with van der Waals surface area (Å²) < 4.78 is 16.8. The number of rotatable bonds is 5. The number of hydrogen-bond acceptors (Lipinski definition) is 7. The fourth-order valence-corrected chi connectivity index (χ4v) is 3.88. The van der Waals surface area contributed by atoms with Gasteiger partial charge < -0.3 is 5.32 Å². The third-order valence-electron chi connectivity index (χ3n) is 4.57. The predicted octanol–water partition coefficient (Wildman–Crippen LogP) is 2.22. The highest BCUT2D eigenvalue weighted by Crippen LogP contribution is 2.25. The third kappa shape index (κ3) is 3.63. The number of aryl methyl sites for hydroxylation is 3. The fourth-order valence-electron chi connectivity index (χ4n) is 2.90. The van der Waals surface area contributed by atoms with E-state index in [9.17, 15) is 14.0 Å². The maximum Gasteiger partial charge on any atom is 0.262 e. The molecule has 1 N–H and O–H groups in total. The molecule has 0 saturated carbocycles. The predicted molar refractivity (Wildman–Crippen MR) is 106 cm³/mol. The standard InChI is InChI=1S/C18H16FN7O2S/c1-10-11(2)29-17-16(10)18(28)25(8-20-17)6-5-15(27)22-14-7-12(3-4-13(14)19)26-9-21-23-24-26/h3-4,7-9H,5-6H2,1-2H3,(H,22,27). The van der Waals surface area contributed by atoms with Crippen molar-refractivity contribution in [3.05, 3.63) is 57.5 Å². The van der Waals surface area contributed by atoms with E-state index < -0.39 is 11.7 Å². The van der Waals surface area contributed by atoms with Crippen molar-refractivity contribution >= 4 is 33.1 Å². The number of fused-ring (bicyclic) bond motifs is 1. The quantitative estimate of drug-likeness (QED) is 0.538. The zero-order chi connectivity index (χ0) is 20.5. The van der Waals surface area contributed by atoms with Crippen LogP contribution in [0.1, 0.15) is 16.9 Å². The Morgan fingerprint density at radius 3 is 2.86 bits per heavy atom. The van der Waals surface area contributed by atoms with E-state index in [0.29, 0.717) is 15.9 Å². The van der Waals surface area contributed by atoms with Crippen LogP contribution in [0.5, 0.6) is 0 Å². The van der Waals surface area contributed by atoms with Gasteiger partial charge in [-0.2, -0.15) is 0 Å². The maximum absolute atomic E-state index is 14.1. The first-order valence-electron chi connectivity index (χ1n) is 8.72. The van der Waals surface area contributed by atoms with Crippen LogP contribution in [0.2, 0.25) is 0 Å². The average Bonchev–Trinajstić information content (AvgIpc) is 3.32. The zero-order valence-electron chi connectivity index (χ0n) is 15.6. The van der Waals surface area contributed by atoms with Gasteiger partial charge in [0.15, 0.2) is 0 Å². The number of amides is 1. The van der Waals surface area contributed by atoms with Crippen LogP contribution in [-0.4, -0.2) is 35.7 Å². The van der Waals surface area contributed by atoms with Crippen molar-refractivity contribution in [3.63, 3.8) is 0 Å². The summed E-state index contributed by atoms with van der Waals surface area (Å²) in [7, 11) is 0. The number of halogens is 1. The number of nitrogens with zero attached hydrogens (tertiary/aromatic N) is 6. The normalized spacial score (nSPS) is 11.1. The van der Waals surface area contributed by atoms with Gasteiger partial charge in [-0.05, 0) is 48.0 Å². The van der Waals surface area contributed by atoms with Gasteiger partial charge >= 0.3 is 0 Å². The second-order valence-corrected chi connectivity index (χ2v) is 7.63. The topological polar surface area (TPSA) is 108 Å². The van der Waals surface area contributed by atoms with Crippen molar-refractivity contribution in [2.45, 2.75) is 26.8 Å². The molecule has 9 nitrogen and oxygen atoms in total. The molecule has 1 amide bonds. The molecule has 4 aromatic rings. The van der Waals surface area contributed by atoms with E-state index in [1.165, 1.54) is 51.4 Å². The molecule has 29 heavy (non-hydrogen) atoms. The minimum atomic E-state index is -0.584. The van der Waals surface area contributed by atoms with Crippen LogP contribution in [-0.2, 0) is 11.3 Å². The number of carbonyl (C=O) groups excluding carboxylic acids is 1. The Kier molecular flexibility index (Phi) is 4.89. The van der Waals surface area contributed by atoms with Crippen LogP contribution in [0, 0.1) is 19.7 Å². The SMILES string of the molecule is Cc1sc2ncn(CCC(=O)Nc3cc(-n4cnnn4)ccc3F)c(=O)c2c1C. The van der Waals surface area contributed by atoms with E-state index >= 15 is 0 Å². The van der Waals surface area contributed by atoms with E-state index in [1.54, 1.807) is 0 Å². The number of nitrogens with one attached hydrogen (secondary N) is 1. The summed E-state index contributed by atoms with van der Waals surface area (Å²) in [5.41, 5.74) is 1.23. The largest absolute Gasteiger partial charge is 0.323 e. The van der Waals surface area contributed by atoms with Gasteiger partial charge in [0, 0.05) is 17.8 Å². The van der Waals surface area contributed by atoms with Crippen LogP contribution in [0.4, 0.5) is 10.1 Å². The molecule has 0 bridgehead atoms. The molecule has 4 rings (SSSR count). The van der Waals surface area contributed by atoms with Crippen LogP contribution in [0.3, 0.4) is 0 Å². The van der Waals surface area contributed by atoms with Crippen molar-refractivity contribution < 1.29 is 9.18 Å². The highest BCUT2D eigenvalue weighted by molar-refractivity contribution is 7.18. The summed E-state index contributed by atoms with van der Waals surface area (Å²) in [6.45, 7) is 3.96. The highest BCUT2D eigenvalue weighted by atomic mass is 32.1. The molecular weight excluding hydrogens is 397 g/mol. The Bertz CT molecular complexity index is 1260. The lowest BCUT2D eigenvalue weighted by atomic mass is 10.2. The molecule has 0 aliphatic carbocycles. The number of thiophene rings is 1. The Hall–Kier alpha value is -3.47. The van der Waals surface area contributed by atoms with Gasteiger partial charge in [-0.15, -0.1) is 16.4 Å². The maximum atomic E-state index is 14.1. The first-order valence-corrected chi connectivity index (χ1v) is 9.53. The lowest BCUT2D eigenvalue weighted by Gasteiger charge is -2.09. The summed E-state index contributed by atoms with van der Waals surface area (Å²) in [6.07, 6.45) is 2.79. The Morgan fingerprint density at radius 2 is 2.10 bits per heavy atom. The molecule has 0 atom stereocenters. The number of carbonyl (C=O) groups is 1. The lowest BCUT2D eigenvalue weighted by molar-refractivity contribution is -0.116. The molecule has 3 aromatic heterocycles. The molecule has 0 spiro atoms. The van der Waals surface area contributed by atoms with Crippen LogP contribution in [0.25, 0.3) is 15.9 Å². The van der Waals surface area contributed by atoms with E-state index in [0.717, 1.165) is 10.4 Å². The molecule has 0 unspecified atom stereocenters.